The summed E-state index contributed by atoms with van der Waals surface area (Å²) >= 11 is 7.18. The molecule has 3 nitrogen and oxygen atoms in total. The van der Waals surface area contributed by atoms with Crippen LogP contribution in [0.1, 0.15) is 5.56 Å². The summed E-state index contributed by atoms with van der Waals surface area (Å²) in [5, 5.41) is 0.528. The molecule has 1 aliphatic heterocycles. The van der Waals surface area contributed by atoms with Crippen LogP contribution in [0.25, 0.3) is 5.57 Å². The fraction of sp³-hybridized carbons (Fsp3) is 0. The summed E-state index contributed by atoms with van der Waals surface area (Å²) in [6, 6.07) is 21.5. The molecule has 0 atom stereocenters. The van der Waals surface area contributed by atoms with Crippen LogP contribution in [0, 0.1) is 5.82 Å². The molecule has 3 aromatic rings. The van der Waals surface area contributed by atoms with Crippen molar-refractivity contribution in [3.63, 3.8) is 0 Å². The molecule has 0 radical (unpaired) electrons. The molecule has 0 aromatic heterocycles. The van der Waals surface area contributed by atoms with Gasteiger partial charge in [0.1, 0.15) is 5.82 Å². The van der Waals surface area contributed by atoms with Crippen molar-refractivity contribution in [2.45, 2.75) is 4.90 Å². The maximum absolute atomic E-state index is 13.7. The Morgan fingerprint density at radius 2 is 1.54 bits per heavy atom. The van der Waals surface area contributed by atoms with Gasteiger partial charge in [0.25, 0.3) is 11.8 Å². The molecule has 0 saturated heterocycles. The number of halogens is 2. The fourth-order valence-corrected chi connectivity index (χ4v) is 4.07. The van der Waals surface area contributed by atoms with Gasteiger partial charge in [0.05, 0.1) is 16.2 Å². The van der Waals surface area contributed by atoms with E-state index in [2.05, 4.69) is 0 Å². The number of hydrogen-bond donors (Lipinski definition) is 0. The lowest BCUT2D eigenvalue weighted by Gasteiger charge is -2.15. The monoisotopic (exact) mass is 409 g/mol. The number of rotatable bonds is 4. The highest BCUT2D eigenvalue weighted by atomic mass is 35.5. The molecule has 0 spiro atoms. The van der Waals surface area contributed by atoms with Crippen molar-refractivity contribution >= 4 is 46.4 Å². The molecule has 0 bridgehead atoms. The third-order valence-electron chi connectivity index (χ3n) is 4.20. The molecule has 4 rings (SSSR count). The maximum Gasteiger partial charge on any atom is 0.272 e. The Labute approximate surface area is 170 Å². The smallest absolute Gasteiger partial charge is 0.268 e. The van der Waals surface area contributed by atoms with Gasteiger partial charge in [-0.2, -0.15) is 0 Å². The minimum atomic E-state index is -0.518. The quantitative estimate of drug-likeness (QED) is 0.530. The van der Waals surface area contributed by atoms with E-state index in [0.717, 1.165) is 9.80 Å². The van der Waals surface area contributed by atoms with Gasteiger partial charge in [-0.25, -0.2) is 9.29 Å². The van der Waals surface area contributed by atoms with E-state index in [1.807, 2.05) is 30.3 Å². The Kier molecular flexibility index (Phi) is 5.03. The lowest BCUT2D eigenvalue weighted by Crippen LogP contribution is -2.31. The van der Waals surface area contributed by atoms with Crippen LogP contribution >= 0.6 is 23.4 Å². The number of carbonyl (C=O) groups is 2. The Balaban J connectivity index is 1.83. The second kappa shape index (κ2) is 7.62. The molecule has 0 unspecified atom stereocenters. The SMILES string of the molecule is O=C1C(Sc2ccccc2)=C(c2ccc(Cl)cc2)C(=O)N1c1cccc(F)c1. The fourth-order valence-electron chi connectivity index (χ4n) is 2.93. The molecule has 1 heterocycles. The summed E-state index contributed by atoms with van der Waals surface area (Å²) in [7, 11) is 0. The molecule has 0 N–H and O–H groups in total. The average Bonchev–Trinajstić information content (AvgIpc) is 2.93. The van der Waals surface area contributed by atoms with Gasteiger partial charge in [-0.05, 0) is 48.0 Å². The van der Waals surface area contributed by atoms with Crippen molar-refractivity contribution in [1.29, 1.82) is 0 Å². The van der Waals surface area contributed by atoms with E-state index in [4.69, 9.17) is 11.6 Å². The van der Waals surface area contributed by atoms with Crippen molar-refractivity contribution in [2.24, 2.45) is 0 Å². The van der Waals surface area contributed by atoms with Crippen molar-refractivity contribution in [3.05, 3.63) is 100 Å². The molecule has 0 fully saturated rings. The maximum atomic E-state index is 13.7. The zero-order chi connectivity index (χ0) is 19.7. The summed E-state index contributed by atoms with van der Waals surface area (Å²) in [5.41, 5.74) is 1.06. The summed E-state index contributed by atoms with van der Waals surface area (Å²) in [6.07, 6.45) is 0. The van der Waals surface area contributed by atoms with E-state index in [-0.39, 0.29) is 11.3 Å². The molecule has 138 valence electrons. The molecule has 0 aliphatic carbocycles. The van der Waals surface area contributed by atoms with E-state index < -0.39 is 17.6 Å². The lowest BCUT2D eigenvalue weighted by molar-refractivity contribution is -0.119. The first-order valence-electron chi connectivity index (χ1n) is 8.42. The van der Waals surface area contributed by atoms with Gasteiger partial charge in [0.15, 0.2) is 0 Å². The third kappa shape index (κ3) is 3.46. The van der Waals surface area contributed by atoms with E-state index in [9.17, 15) is 14.0 Å². The Hall–Kier alpha value is -2.89. The average molecular weight is 410 g/mol. The highest BCUT2D eigenvalue weighted by Gasteiger charge is 2.40. The standard InChI is InChI=1S/C22H13ClFNO2S/c23-15-11-9-14(10-12-15)19-20(28-18-7-2-1-3-8-18)22(27)25(21(19)26)17-6-4-5-16(24)13-17/h1-13H. The van der Waals surface area contributed by atoms with Gasteiger partial charge < -0.3 is 0 Å². The second-order valence-corrected chi connectivity index (χ2v) is 7.57. The topological polar surface area (TPSA) is 37.4 Å². The predicted octanol–water partition coefficient (Wildman–Crippen LogP) is 5.56. The number of hydrogen-bond acceptors (Lipinski definition) is 3. The summed E-state index contributed by atoms with van der Waals surface area (Å²) in [4.78, 5) is 28.5. The zero-order valence-electron chi connectivity index (χ0n) is 14.4. The minimum absolute atomic E-state index is 0.199. The van der Waals surface area contributed by atoms with Gasteiger partial charge in [0.2, 0.25) is 0 Å². The molecule has 6 heteroatoms. The molecule has 1 aliphatic rings. The van der Waals surface area contributed by atoms with Crippen molar-refractivity contribution in [3.8, 4) is 0 Å². The number of carbonyl (C=O) groups excluding carboxylic acids is 2. The first-order valence-corrected chi connectivity index (χ1v) is 9.61. The largest absolute Gasteiger partial charge is 0.272 e. The molecule has 3 aromatic carbocycles. The molecule has 28 heavy (non-hydrogen) atoms. The molecular weight excluding hydrogens is 397 g/mol. The highest BCUT2D eigenvalue weighted by molar-refractivity contribution is 8.04. The number of amides is 2. The van der Waals surface area contributed by atoms with Gasteiger partial charge >= 0.3 is 0 Å². The molecular formula is C22H13ClFNO2S. The summed E-state index contributed by atoms with van der Waals surface area (Å²) < 4.78 is 13.7. The van der Waals surface area contributed by atoms with Gasteiger partial charge in [-0.15, -0.1) is 0 Å². The number of thioether (sulfide) groups is 1. The number of nitrogens with zero attached hydrogens (tertiary/aromatic N) is 1. The van der Waals surface area contributed by atoms with Crippen LogP contribution in [0.4, 0.5) is 10.1 Å². The minimum Gasteiger partial charge on any atom is -0.268 e. The molecule has 2 amide bonds. The van der Waals surface area contributed by atoms with Crippen LogP contribution in [0.2, 0.25) is 5.02 Å². The normalized spacial score (nSPS) is 14.1. The van der Waals surface area contributed by atoms with E-state index >= 15 is 0 Å². The first-order chi connectivity index (χ1) is 13.5. The van der Waals surface area contributed by atoms with Crippen LogP contribution in [-0.4, -0.2) is 11.8 Å². The number of anilines is 1. The zero-order valence-corrected chi connectivity index (χ0v) is 16.0. The Bertz CT molecular complexity index is 1100. The van der Waals surface area contributed by atoms with E-state index in [1.165, 1.54) is 36.0 Å². The highest BCUT2D eigenvalue weighted by Crippen LogP contribution is 2.41. The van der Waals surface area contributed by atoms with Crippen LogP contribution in [0.5, 0.6) is 0 Å². The Morgan fingerprint density at radius 1 is 0.821 bits per heavy atom. The van der Waals surface area contributed by atoms with E-state index in [0.29, 0.717) is 15.5 Å². The Morgan fingerprint density at radius 3 is 2.21 bits per heavy atom. The molecule has 0 saturated carbocycles. The van der Waals surface area contributed by atoms with Crippen LogP contribution in [0.3, 0.4) is 0 Å². The lowest BCUT2D eigenvalue weighted by atomic mass is 10.1. The number of imide groups is 1. The summed E-state index contributed by atoms with van der Waals surface area (Å²) in [6.45, 7) is 0. The summed E-state index contributed by atoms with van der Waals surface area (Å²) in [5.74, 6) is -1.49. The van der Waals surface area contributed by atoms with Gasteiger partial charge in [-0.3, -0.25) is 9.59 Å². The van der Waals surface area contributed by atoms with Crippen molar-refractivity contribution in [1.82, 2.24) is 0 Å². The van der Waals surface area contributed by atoms with Gasteiger partial charge in [0, 0.05) is 9.92 Å². The van der Waals surface area contributed by atoms with Crippen LogP contribution in [-0.2, 0) is 9.59 Å². The first kappa shape index (κ1) is 18.5. The van der Waals surface area contributed by atoms with Crippen molar-refractivity contribution in [2.75, 3.05) is 4.90 Å². The predicted molar refractivity (Wildman–Crippen MR) is 110 cm³/mol. The van der Waals surface area contributed by atoms with E-state index in [1.54, 1.807) is 24.3 Å². The third-order valence-corrected chi connectivity index (χ3v) is 5.55. The van der Waals surface area contributed by atoms with Crippen molar-refractivity contribution < 1.29 is 14.0 Å². The number of benzene rings is 3. The van der Waals surface area contributed by atoms with Gasteiger partial charge in [-0.1, -0.05) is 59.8 Å². The van der Waals surface area contributed by atoms with Crippen LogP contribution in [0.15, 0.2) is 88.7 Å². The van der Waals surface area contributed by atoms with Crippen LogP contribution < -0.4 is 4.90 Å². The second-order valence-electron chi connectivity index (χ2n) is 6.05.